The molecule has 4 rings (SSSR count). The number of rotatable bonds is 3. The lowest BCUT2D eigenvalue weighted by molar-refractivity contribution is 0.393. The molecule has 2 heterocycles. The molecular weight excluding hydrogens is 319 g/mol. The van der Waals surface area contributed by atoms with Gasteiger partial charge < -0.3 is 5.11 Å². The highest BCUT2D eigenvalue weighted by molar-refractivity contribution is 5.48. The van der Waals surface area contributed by atoms with Gasteiger partial charge in [0, 0.05) is 24.0 Å². The summed E-state index contributed by atoms with van der Waals surface area (Å²) in [5.41, 5.74) is 1.95. The van der Waals surface area contributed by atoms with E-state index in [0.717, 1.165) is 37.1 Å². The molecule has 24 heavy (non-hydrogen) atoms. The van der Waals surface area contributed by atoms with Crippen LogP contribution in [0.1, 0.15) is 42.0 Å². The first-order valence-corrected chi connectivity index (χ1v) is 7.73. The second-order valence-electron chi connectivity index (χ2n) is 6.08. The molecule has 0 bridgehead atoms. The maximum atomic E-state index is 13.5. The third-order valence-electron chi connectivity index (χ3n) is 4.55. The molecule has 1 aromatic carbocycles. The number of fused-ring (bicyclic) bond motifs is 1. The molecule has 0 radical (unpaired) electrons. The first-order chi connectivity index (χ1) is 11.5. The fourth-order valence-electron chi connectivity index (χ4n) is 3.08. The minimum atomic E-state index is -1.50. The zero-order valence-corrected chi connectivity index (χ0v) is 12.6. The first kappa shape index (κ1) is 15.0. The van der Waals surface area contributed by atoms with Gasteiger partial charge in [-0.2, -0.15) is 9.61 Å². The Morgan fingerprint density at radius 1 is 1.17 bits per heavy atom. The van der Waals surface area contributed by atoms with E-state index in [-0.39, 0.29) is 23.8 Å². The summed E-state index contributed by atoms with van der Waals surface area (Å²) in [4.78, 5) is 4.56. The van der Waals surface area contributed by atoms with Crippen LogP contribution in [0.4, 0.5) is 13.2 Å². The second-order valence-corrected chi connectivity index (χ2v) is 6.08. The van der Waals surface area contributed by atoms with Gasteiger partial charge in [0.2, 0.25) is 5.88 Å². The van der Waals surface area contributed by atoms with Gasteiger partial charge in [0.15, 0.2) is 23.1 Å². The molecule has 0 saturated heterocycles. The molecule has 0 aliphatic heterocycles. The minimum absolute atomic E-state index is 0.0502. The molecule has 3 aromatic rings. The largest absolute Gasteiger partial charge is 0.493 e. The predicted molar refractivity (Wildman–Crippen MR) is 80.4 cm³/mol. The van der Waals surface area contributed by atoms with Gasteiger partial charge >= 0.3 is 0 Å². The molecule has 7 heteroatoms. The van der Waals surface area contributed by atoms with Crippen LogP contribution in [0, 0.1) is 17.5 Å². The van der Waals surface area contributed by atoms with Gasteiger partial charge in [-0.25, -0.2) is 18.2 Å². The zero-order chi connectivity index (χ0) is 16.8. The number of benzene rings is 1. The van der Waals surface area contributed by atoms with Crippen molar-refractivity contribution in [3.8, 4) is 5.88 Å². The number of aromatic hydroxyl groups is 1. The van der Waals surface area contributed by atoms with Crippen molar-refractivity contribution in [2.24, 2.45) is 0 Å². The van der Waals surface area contributed by atoms with E-state index in [1.165, 1.54) is 10.7 Å². The van der Waals surface area contributed by atoms with E-state index >= 15 is 0 Å². The molecule has 1 aliphatic carbocycles. The summed E-state index contributed by atoms with van der Waals surface area (Å²) in [6.07, 6.45) is 4.56. The van der Waals surface area contributed by atoms with Gasteiger partial charge in [0.25, 0.3) is 0 Å². The van der Waals surface area contributed by atoms with Gasteiger partial charge in [-0.3, -0.25) is 0 Å². The Balaban J connectivity index is 1.84. The third-order valence-corrected chi connectivity index (χ3v) is 4.55. The second kappa shape index (κ2) is 5.51. The van der Waals surface area contributed by atoms with Gasteiger partial charge in [-0.15, -0.1) is 0 Å². The van der Waals surface area contributed by atoms with E-state index in [2.05, 4.69) is 10.1 Å². The monoisotopic (exact) mass is 333 g/mol. The van der Waals surface area contributed by atoms with Gasteiger partial charge in [-0.05, 0) is 30.5 Å². The van der Waals surface area contributed by atoms with E-state index in [0.29, 0.717) is 11.2 Å². The Morgan fingerprint density at radius 2 is 1.88 bits per heavy atom. The Labute approximate surface area is 135 Å². The van der Waals surface area contributed by atoms with Crippen LogP contribution in [-0.4, -0.2) is 19.7 Å². The molecule has 124 valence electrons. The standard InChI is InChI=1S/C17H14F3N3O/c18-12-7-9(8-13(19)15(12)20)6-11-16(10-2-1-3-10)22-14-4-5-21-23(14)17(11)24/h4-5,7-8,10,24H,1-3,6H2. The quantitative estimate of drug-likeness (QED) is 0.744. The van der Waals surface area contributed by atoms with Crippen LogP contribution in [-0.2, 0) is 6.42 Å². The highest BCUT2D eigenvalue weighted by atomic mass is 19.2. The first-order valence-electron chi connectivity index (χ1n) is 7.73. The lowest BCUT2D eigenvalue weighted by Gasteiger charge is -2.27. The third kappa shape index (κ3) is 2.31. The molecule has 1 fully saturated rings. The van der Waals surface area contributed by atoms with Gasteiger partial charge in [-0.1, -0.05) is 6.42 Å². The van der Waals surface area contributed by atoms with Crippen LogP contribution >= 0.6 is 0 Å². The van der Waals surface area contributed by atoms with Crippen molar-refractivity contribution in [1.29, 1.82) is 0 Å². The smallest absolute Gasteiger partial charge is 0.219 e. The van der Waals surface area contributed by atoms with Crippen molar-refractivity contribution in [2.45, 2.75) is 31.6 Å². The minimum Gasteiger partial charge on any atom is -0.493 e. The molecule has 1 saturated carbocycles. The molecule has 0 unspecified atom stereocenters. The Morgan fingerprint density at radius 3 is 2.50 bits per heavy atom. The molecule has 1 N–H and O–H groups in total. The number of nitrogens with zero attached hydrogens (tertiary/aromatic N) is 3. The highest BCUT2D eigenvalue weighted by Gasteiger charge is 2.27. The summed E-state index contributed by atoms with van der Waals surface area (Å²) in [7, 11) is 0. The SMILES string of the molecule is Oc1c(Cc2cc(F)c(F)c(F)c2)c(C2CCC2)nc2ccnn12. The van der Waals surface area contributed by atoms with Crippen molar-refractivity contribution in [3.05, 3.63) is 58.7 Å². The summed E-state index contributed by atoms with van der Waals surface area (Å²) < 4.78 is 41.4. The van der Waals surface area contributed by atoms with Crippen molar-refractivity contribution >= 4 is 5.65 Å². The van der Waals surface area contributed by atoms with Crippen LogP contribution < -0.4 is 0 Å². The maximum Gasteiger partial charge on any atom is 0.219 e. The fourth-order valence-corrected chi connectivity index (χ4v) is 3.08. The van der Waals surface area contributed by atoms with Crippen molar-refractivity contribution in [1.82, 2.24) is 14.6 Å². The fraction of sp³-hybridized carbons (Fsp3) is 0.294. The molecule has 0 amide bonds. The van der Waals surface area contributed by atoms with E-state index in [1.54, 1.807) is 6.07 Å². The zero-order valence-electron chi connectivity index (χ0n) is 12.6. The average molecular weight is 333 g/mol. The van der Waals surface area contributed by atoms with Crippen LogP contribution in [0.15, 0.2) is 24.4 Å². The summed E-state index contributed by atoms with van der Waals surface area (Å²) in [6, 6.07) is 3.56. The molecule has 1 aliphatic rings. The number of hydrogen-bond donors (Lipinski definition) is 1. The van der Waals surface area contributed by atoms with E-state index < -0.39 is 17.5 Å². The van der Waals surface area contributed by atoms with Crippen LogP contribution in [0.3, 0.4) is 0 Å². The van der Waals surface area contributed by atoms with E-state index in [9.17, 15) is 18.3 Å². The van der Waals surface area contributed by atoms with Crippen molar-refractivity contribution in [3.63, 3.8) is 0 Å². The highest BCUT2D eigenvalue weighted by Crippen LogP contribution is 2.40. The van der Waals surface area contributed by atoms with Gasteiger partial charge in [0.1, 0.15) is 0 Å². The summed E-state index contributed by atoms with van der Waals surface area (Å²) in [6.45, 7) is 0. The molecule has 4 nitrogen and oxygen atoms in total. The topological polar surface area (TPSA) is 50.4 Å². The molecule has 0 atom stereocenters. The van der Waals surface area contributed by atoms with Crippen LogP contribution in [0.2, 0.25) is 0 Å². The van der Waals surface area contributed by atoms with E-state index in [4.69, 9.17) is 0 Å². The average Bonchev–Trinajstić information content (AvgIpc) is 2.95. The normalized spacial score (nSPS) is 15.0. The summed E-state index contributed by atoms with van der Waals surface area (Å²) in [5.74, 6) is -3.88. The number of hydrogen-bond acceptors (Lipinski definition) is 3. The number of halogens is 3. The summed E-state index contributed by atoms with van der Waals surface area (Å²) in [5, 5.41) is 14.6. The summed E-state index contributed by atoms with van der Waals surface area (Å²) >= 11 is 0. The van der Waals surface area contributed by atoms with Crippen LogP contribution in [0.5, 0.6) is 5.88 Å². The van der Waals surface area contributed by atoms with Crippen molar-refractivity contribution < 1.29 is 18.3 Å². The van der Waals surface area contributed by atoms with Gasteiger partial charge in [0.05, 0.1) is 11.9 Å². The molecular formula is C17H14F3N3O. The molecule has 0 spiro atoms. The Hall–Kier alpha value is -2.57. The molecule has 2 aromatic heterocycles. The Kier molecular flexibility index (Phi) is 3.44. The number of aromatic nitrogens is 3. The lowest BCUT2D eigenvalue weighted by atomic mass is 9.80. The Bertz CT molecular complexity index is 911. The maximum absolute atomic E-state index is 13.5. The van der Waals surface area contributed by atoms with E-state index in [1.807, 2.05) is 0 Å². The van der Waals surface area contributed by atoms with Crippen LogP contribution in [0.25, 0.3) is 5.65 Å². The lowest BCUT2D eigenvalue weighted by Crippen LogP contribution is -2.15. The predicted octanol–water partition coefficient (Wildman–Crippen LogP) is 3.71. The van der Waals surface area contributed by atoms with Crippen molar-refractivity contribution in [2.75, 3.05) is 0 Å².